The summed E-state index contributed by atoms with van der Waals surface area (Å²) in [6, 6.07) is 18.8. The lowest BCUT2D eigenvalue weighted by Crippen LogP contribution is -2.23. The maximum Gasteiger partial charge on any atom is 0.278 e. The summed E-state index contributed by atoms with van der Waals surface area (Å²) in [4.78, 5) is 13.0. The quantitative estimate of drug-likeness (QED) is 0.230. The number of thioether (sulfide) groups is 1. The highest BCUT2D eigenvalue weighted by molar-refractivity contribution is 7.98. The molecule has 0 bridgehead atoms. The summed E-state index contributed by atoms with van der Waals surface area (Å²) in [7, 11) is 0. The average Bonchev–Trinajstić information content (AvgIpc) is 3.30. The van der Waals surface area contributed by atoms with Crippen LogP contribution in [-0.4, -0.2) is 29.8 Å². The average molecular weight is 537 g/mol. The Kier molecular flexibility index (Phi) is 7.09. The van der Waals surface area contributed by atoms with Crippen LogP contribution in [0.5, 0.6) is 0 Å². The van der Waals surface area contributed by atoms with Gasteiger partial charge in [0.1, 0.15) is 5.52 Å². The first kappa shape index (κ1) is 24.5. The van der Waals surface area contributed by atoms with Gasteiger partial charge in [0.25, 0.3) is 5.56 Å². The largest absolute Gasteiger partial charge is 0.278 e. The van der Waals surface area contributed by atoms with Gasteiger partial charge in [-0.15, -0.1) is 15.3 Å². The first-order valence-electron chi connectivity index (χ1n) is 11.5. The second-order valence-electron chi connectivity index (χ2n) is 8.08. The van der Waals surface area contributed by atoms with Crippen LogP contribution < -0.4 is 5.56 Å². The molecule has 36 heavy (non-hydrogen) atoms. The van der Waals surface area contributed by atoms with Crippen LogP contribution in [0.15, 0.2) is 70.6 Å². The van der Waals surface area contributed by atoms with Gasteiger partial charge in [-0.25, -0.2) is 0 Å². The van der Waals surface area contributed by atoms with Gasteiger partial charge in [-0.05, 0) is 54.3 Å². The minimum atomic E-state index is -0.205. The number of para-hydroxylation sites is 1. The van der Waals surface area contributed by atoms with Gasteiger partial charge in [0, 0.05) is 10.6 Å². The molecule has 2 heterocycles. The number of aromatic nitrogens is 6. The van der Waals surface area contributed by atoms with Crippen LogP contribution in [0.4, 0.5) is 0 Å². The Labute approximate surface area is 222 Å². The van der Waals surface area contributed by atoms with Gasteiger partial charge in [0.05, 0.1) is 22.0 Å². The number of rotatable bonds is 7. The lowest BCUT2D eigenvalue weighted by Gasteiger charge is -2.18. The molecule has 0 aliphatic carbocycles. The van der Waals surface area contributed by atoms with Crippen LogP contribution in [0.25, 0.3) is 28.0 Å². The smallest absolute Gasteiger partial charge is 0.269 e. The fourth-order valence-electron chi connectivity index (χ4n) is 4.14. The summed E-state index contributed by atoms with van der Waals surface area (Å²) in [5.74, 6) is 0.825. The summed E-state index contributed by atoms with van der Waals surface area (Å²) < 4.78 is 3.37. The van der Waals surface area contributed by atoms with Crippen LogP contribution in [0.3, 0.4) is 0 Å². The summed E-state index contributed by atoms with van der Waals surface area (Å²) in [5.41, 5.74) is 4.42. The third kappa shape index (κ3) is 4.52. The van der Waals surface area contributed by atoms with Gasteiger partial charge in [-0.1, -0.05) is 84.4 Å². The van der Waals surface area contributed by atoms with E-state index in [9.17, 15) is 4.79 Å². The molecule has 0 N–H and O–H groups in total. The first-order valence-corrected chi connectivity index (χ1v) is 13.2. The molecule has 0 aliphatic heterocycles. The Morgan fingerprint density at radius 3 is 2.36 bits per heavy atom. The van der Waals surface area contributed by atoms with E-state index < -0.39 is 0 Å². The van der Waals surface area contributed by atoms with Crippen molar-refractivity contribution in [3.8, 4) is 17.1 Å². The summed E-state index contributed by atoms with van der Waals surface area (Å²) >= 11 is 14.1. The minimum Gasteiger partial charge on any atom is -0.269 e. The van der Waals surface area contributed by atoms with Crippen molar-refractivity contribution in [2.45, 2.75) is 37.7 Å². The molecule has 0 aliphatic rings. The van der Waals surface area contributed by atoms with Crippen molar-refractivity contribution in [3.63, 3.8) is 0 Å². The zero-order chi connectivity index (χ0) is 25.2. The van der Waals surface area contributed by atoms with Crippen molar-refractivity contribution in [1.29, 1.82) is 0 Å². The highest BCUT2D eigenvalue weighted by atomic mass is 35.5. The molecule has 0 spiro atoms. The van der Waals surface area contributed by atoms with Crippen molar-refractivity contribution >= 4 is 45.9 Å². The number of hydrogen-bond donors (Lipinski definition) is 0. The molecule has 10 heteroatoms. The molecule has 2 aromatic heterocycles. The molecule has 7 nitrogen and oxygen atoms in total. The Balaban J connectivity index is 1.65. The Hall–Kier alpha value is -3.20. The van der Waals surface area contributed by atoms with E-state index in [1.807, 2.05) is 22.8 Å². The third-order valence-electron chi connectivity index (χ3n) is 5.94. The highest BCUT2D eigenvalue weighted by Gasteiger charge is 2.22. The van der Waals surface area contributed by atoms with Crippen LogP contribution in [0.1, 0.15) is 25.0 Å². The summed E-state index contributed by atoms with van der Waals surface area (Å²) in [6.45, 7) is 4.24. The third-order valence-corrected chi connectivity index (χ3v) is 7.38. The van der Waals surface area contributed by atoms with Gasteiger partial charge in [-0.3, -0.25) is 9.36 Å². The SMILES string of the molecule is CCc1cccc(CC)c1-n1c(SCn2nnc3ccccc3c2=O)nnc1-c1ccc(Cl)cc1Cl. The second-order valence-corrected chi connectivity index (χ2v) is 9.84. The Bertz CT molecular complexity index is 1610. The molecule has 0 fully saturated rings. The lowest BCUT2D eigenvalue weighted by atomic mass is 10.0. The zero-order valence-electron chi connectivity index (χ0n) is 19.7. The predicted molar refractivity (Wildman–Crippen MR) is 145 cm³/mol. The predicted octanol–water partition coefficient (Wildman–Crippen LogP) is 6.22. The van der Waals surface area contributed by atoms with Crippen LogP contribution >= 0.6 is 35.0 Å². The van der Waals surface area contributed by atoms with Crippen molar-refractivity contribution in [2.24, 2.45) is 0 Å². The van der Waals surface area contributed by atoms with Gasteiger partial charge in [-0.2, -0.15) is 4.68 Å². The number of fused-ring (bicyclic) bond motifs is 1. The minimum absolute atomic E-state index is 0.205. The van der Waals surface area contributed by atoms with Gasteiger partial charge >= 0.3 is 0 Å². The topological polar surface area (TPSA) is 78.5 Å². The number of benzene rings is 3. The van der Waals surface area contributed by atoms with E-state index in [0.717, 1.165) is 35.2 Å². The number of aryl methyl sites for hydroxylation is 2. The molecule has 5 rings (SSSR count). The molecule has 3 aromatic carbocycles. The first-order chi connectivity index (χ1) is 17.5. The van der Waals surface area contributed by atoms with Crippen LogP contribution in [0, 0.1) is 0 Å². The van der Waals surface area contributed by atoms with Gasteiger partial charge in [0.15, 0.2) is 11.0 Å². The van der Waals surface area contributed by atoms with Crippen molar-refractivity contribution in [2.75, 3.05) is 0 Å². The van der Waals surface area contributed by atoms with Crippen LogP contribution in [0.2, 0.25) is 10.0 Å². The fraction of sp³-hybridized carbons (Fsp3) is 0.192. The van der Waals surface area contributed by atoms with Gasteiger partial charge < -0.3 is 0 Å². The van der Waals surface area contributed by atoms with E-state index >= 15 is 0 Å². The highest BCUT2D eigenvalue weighted by Crippen LogP contribution is 2.36. The fourth-order valence-corrected chi connectivity index (χ4v) is 5.44. The molecular weight excluding hydrogens is 515 g/mol. The molecule has 0 amide bonds. The number of hydrogen-bond acceptors (Lipinski definition) is 6. The Morgan fingerprint density at radius 2 is 1.64 bits per heavy atom. The molecular formula is C26H22Cl2N6OS. The zero-order valence-corrected chi connectivity index (χ0v) is 22.0. The molecule has 0 saturated carbocycles. The van der Waals surface area contributed by atoms with Crippen LogP contribution in [-0.2, 0) is 18.7 Å². The van der Waals surface area contributed by atoms with E-state index in [1.54, 1.807) is 24.3 Å². The van der Waals surface area contributed by atoms with Crippen molar-refractivity contribution in [1.82, 2.24) is 29.8 Å². The van der Waals surface area contributed by atoms with Crippen molar-refractivity contribution in [3.05, 3.63) is 92.2 Å². The lowest BCUT2D eigenvalue weighted by molar-refractivity contribution is 0.643. The van der Waals surface area contributed by atoms with E-state index in [4.69, 9.17) is 23.2 Å². The van der Waals surface area contributed by atoms with E-state index in [2.05, 4.69) is 52.6 Å². The van der Waals surface area contributed by atoms with E-state index in [1.165, 1.54) is 16.4 Å². The summed E-state index contributed by atoms with van der Waals surface area (Å²) in [5, 5.41) is 19.5. The number of nitrogens with zero attached hydrogens (tertiary/aromatic N) is 6. The monoisotopic (exact) mass is 536 g/mol. The second kappa shape index (κ2) is 10.4. The Morgan fingerprint density at radius 1 is 0.889 bits per heavy atom. The molecule has 0 saturated heterocycles. The summed E-state index contributed by atoms with van der Waals surface area (Å²) in [6.07, 6.45) is 1.66. The molecule has 0 atom stereocenters. The molecule has 0 unspecified atom stereocenters. The van der Waals surface area contributed by atoms with E-state index in [0.29, 0.717) is 31.9 Å². The normalized spacial score (nSPS) is 11.3. The molecule has 5 aromatic rings. The number of halogens is 2. The van der Waals surface area contributed by atoms with E-state index in [-0.39, 0.29) is 11.4 Å². The molecule has 182 valence electrons. The maximum atomic E-state index is 13.0. The molecule has 0 radical (unpaired) electrons. The maximum absolute atomic E-state index is 13.0. The van der Waals surface area contributed by atoms with Gasteiger partial charge in [0.2, 0.25) is 0 Å². The standard InChI is InChI=1S/C26H22Cl2N6OS/c1-3-16-8-7-9-17(4-2)23(16)34-24(19-13-12-18(27)14-21(19)28)30-31-26(34)36-15-33-25(35)20-10-5-6-11-22(20)29-32-33/h5-14H,3-4,15H2,1-2H3. The van der Waals surface area contributed by atoms with Crippen molar-refractivity contribution < 1.29 is 0 Å².